The predicted octanol–water partition coefficient (Wildman–Crippen LogP) is 4.18. The largest absolute Gasteiger partial charge is 0.449 e. The number of carbonyl (C=O) groups excluding carboxylic acids is 2. The Kier molecular flexibility index (Phi) is 7.41. The number of amides is 1. The second-order valence-corrected chi connectivity index (χ2v) is 8.47. The average molecular weight is 438 g/mol. The van der Waals surface area contributed by atoms with Gasteiger partial charge in [-0.15, -0.1) is 11.3 Å². The maximum Gasteiger partial charge on any atom is 0.331 e. The lowest BCUT2D eigenvalue weighted by atomic mass is 10.1. The number of hydrogen-bond acceptors (Lipinski definition) is 5. The number of benzene rings is 1. The summed E-state index contributed by atoms with van der Waals surface area (Å²) in [5.74, 6) is -0.891. The van der Waals surface area contributed by atoms with Gasteiger partial charge in [0.2, 0.25) is 0 Å². The van der Waals surface area contributed by atoms with E-state index in [0.717, 1.165) is 27.4 Å². The monoisotopic (exact) mass is 437 g/mol. The van der Waals surface area contributed by atoms with E-state index in [1.54, 1.807) is 24.3 Å². The van der Waals surface area contributed by atoms with Crippen molar-refractivity contribution >= 4 is 29.3 Å². The zero-order chi connectivity index (χ0) is 22.4. The van der Waals surface area contributed by atoms with Crippen LogP contribution in [-0.2, 0) is 27.4 Å². The third kappa shape index (κ3) is 6.15. The van der Waals surface area contributed by atoms with Crippen LogP contribution in [0, 0.1) is 20.8 Å². The number of hydrogen-bond donors (Lipinski definition) is 1. The molecule has 0 aliphatic heterocycles. The third-order valence-corrected chi connectivity index (χ3v) is 5.83. The Morgan fingerprint density at radius 1 is 1.19 bits per heavy atom. The van der Waals surface area contributed by atoms with E-state index in [1.165, 1.54) is 11.6 Å². The highest BCUT2D eigenvalue weighted by atomic mass is 32.1. The van der Waals surface area contributed by atoms with E-state index in [0.29, 0.717) is 13.1 Å². The highest BCUT2D eigenvalue weighted by molar-refractivity contribution is 7.09. The fourth-order valence-corrected chi connectivity index (χ4v) is 3.77. The lowest BCUT2D eigenvalue weighted by molar-refractivity contribution is -0.150. The molecule has 0 saturated heterocycles. The van der Waals surface area contributed by atoms with Crippen molar-refractivity contribution in [3.8, 4) is 0 Å². The summed E-state index contributed by atoms with van der Waals surface area (Å²) < 4.78 is 7.16. The first kappa shape index (κ1) is 22.5. The zero-order valence-corrected chi connectivity index (χ0v) is 19.0. The summed E-state index contributed by atoms with van der Waals surface area (Å²) in [6.45, 7) is 8.58. The van der Waals surface area contributed by atoms with Crippen LogP contribution in [-0.4, -0.2) is 27.8 Å². The lowest BCUT2D eigenvalue weighted by Gasteiger charge is -2.11. The van der Waals surface area contributed by atoms with Gasteiger partial charge in [0, 0.05) is 22.2 Å². The molecular weight excluding hydrogens is 410 g/mol. The molecule has 3 rings (SSSR count). The normalized spacial score (nSPS) is 12.1. The first-order chi connectivity index (χ1) is 14.8. The van der Waals surface area contributed by atoms with Crippen LogP contribution in [0.4, 0.5) is 0 Å². The summed E-state index contributed by atoms with van der Waals surface area (Å²) in [4.78, 5) is 25.4. The molecule has 2 aromatic heterocycles. The summed E-state index contributed by atoms with van der Waals surface area (Å²) in [6.07, 6.45) is 2.17. The number of carbonyl (C=O) groups is 2. The molecule has 0 aliphatic carbocycles. The molecule has 1 unspecified atom stereocenters. The number of esters is 1. The first-order valence-corrected chi connectivity index (χ1v) is 11.0. The van der Waals surface area contributed by atoms with Crippen molar-refractivity contribution in [3.05, 3.63) is 80.8 Å². The number of ether oxygens (including phenoxy) is 1. The smallest absolute Gasteiger partial charge is 0.331 e. The number of thiophene rings is 1. The molecule has 7 heteroatoms. The Balaban J connectivity index is 1.57. The Morgan fingerprint density at radius 2 is 1.94 bits per heavy atom. The molecule has 0 spiro atoms. The summed E-state index contributed by atoms with van der Waals surface area (Å²) in [6, 6.07) is 12.2. The van der Waals surface area contributed by atoms with Gasteiger partial charge in [0.05, 0.1) is 18.8 Å². The SMILES string of the molecule is Cc1ccc(Cn2nc(C)c(/C=C/C(=O)OC(C)C(=O)NCc3cccs3)c2C)cc1. The number of aryl methyl sites for hydroxylation is 2. The van der Waals surface area contributed by atoms with E-state index in [2.05, 4.69) is 41.6 Å². The zero-order valence-electron chi connectivity index (χ0n) is 18.2. The van der Waals surface area contributed by atoms with Gasteiger partial charge in [0.1, 0.15) is 0 Å². The van der Waals surface area contributed by atoms with Gasteiger partial charge in [-0.25, -0.2) is 4.79 Å². The van der Waals surface area contributed by atoms with Crippen LogP contribution in [0.25, 0.3) is 6.08 Å². The Labute approximate surface area is 186 Å². The van der Waals surface area contributed by atoms with Crippen molar-refractivity contribution in [2.75, 3.05) is 0 Å². The van der Waals surface area contributed by atoms with E-state index in [-0.39, 0.29) is 5.91 Å². The Hall–Kier alpha value is -3.19. The maximum atomic E-state index is 12.2. The summed E-state index contributed by atoms with van der Waals surface area (Å²) in [7, 11) is 0. The molecule has 1 aromatic carbocycles. The van der Waals surface area contributed by atoms with Crippen LogP contribution in [0.15, 0.2) is 47.9 Å². The van der Waals surface area contributed by atoms with Crippen LogP contribution in [0.1, 0.15) is 39.9 Å². The van der Waals surface area contributed by atoms with E-state index >= 15 is 0 Å². The van der Waals surface area contributed by atoms with E-state index in [9.17, 15) is 9.59 Å². The van der Waals surface area contributed by atoms with Crippen LogP contribution in [0.3, 0.4) is 0 Å². The molecular formula is C24H27N3O3S. The Bertz CT molecular complexity index is 1070. The standard InChI is InChI=1S/C24H27N3O3S/c1-16-7-9-20(10-8-16)15-27-18(3)22(17(2)26-27)11-12-23(28)30-19(4)24(29)25-14-21-6-5-13-31-21/h5-13,19H,14-15H2,1-4H3,(H,25,29)/b12-11+. The molecule has 1 N–H and O–H groups in total. The number of rotatable bonds is 8. The molecule has 162 valence electrons. The van der Waals surface area contributed by atoms with Gasteiger partial charge in [-0.05, 0) is 50.8 Å². The molecule has 0 fully saturated rings. The molecule has 0 aliphatic rings. The van der Waals surface area contributed by atoms with Gasteiger partial charge in [-0.1, -0.05) is 35.9 Å². The molecule has 0 bridgehead atoms. The first-order valence-electron chi connectivity index (χ1n) is 10.1. The van der Waals surface area contributed by atoms with Crippen molar-refractivity contribution in [2.45, 2.75) is 46.9 Å². The number of aromatic nitrogens is 2. The van der Waals surface area contributed by atoms with Crippen LogP contribution < -0.4 is 5.32 Å². The fourth-order valence-electron chi connectivity index (χ4n) is 3.12. The van der Waals surface area contributed by atoms with Crippen molar-refractivity contribution in [1.82, 2.24) is 15.1 Å². The molecule has 31 heavy (non-hydrogen) atoms. The number of nitrogens with one attached hydrogen (secondary N) is 1. The van der Waals surface area contributed by atoms with Crippen LogP contribution in [0.5, 0.6) is 0 Å². The van der Waals surface area contributed by atoms with Crippen LogP contribution in [0.2, 0.25) is 0 Å². The molecule has 3 aromatic rings. The van der Waals surface area contributed by atoms with Gasteiger partial charge in [-0.2, -0.15) is 5.10 Å². The topological polar surface area (TPSA) is 73.2 Å². The van der Waals surface area contributed by atoms with Gasteiger partial charge in [0.15, 0.2) is 6.10 Å². The lowest BCUT2D eigenvalue weighted by Crippen LogP contribution is -2.34. The molecule has 2 heterocycles. The molecule has 1 atom stereocenters. The second-order valence-electron chi connectivity index (χ2n) is 7.44. The van der Waals surface area contributed by atoms with Gasteiger partial charge in [0.25, 0.3) is 5.91 Å². The average Bonchev–Trinajstić information content (AvgIpc) is 3.35. The quantitative estimate of drug-likeness (QED) is 0.424. The van der Waals surface area contributed by atoms with Gasteiger partial charge in [-0.3, -0.25) is 9.48 Å². The van der Waals surface area contributed by atoms with E-state index in [1.807, 2.05) is 36.0 Å². The van der Waals surface area contributed by atoms with Crippen molar-refractivity contribution in [2.24, 2.45) is 0 Å². The van der Waals surface area contributed by atoms with E-state index in [4.69, 9.17) is 4.74 Å². The maximum absolute atomic E-state index is 12.2. The molecule has 6 nitrogen and oxygen atoms in total. The van der Waals surface area contributed by atoms with E-state index < -0.39 is 12.1 Å². The van der Waals surface area contributed by atoms with Crippen molar-refractivity contribution in [3.63, 3.8) is 0 Å². The highest BCUT2D eigenvalue weighted by Gasteiger charge is 2.17. The summed E-state index contributed by atoms with van der Waals surface area (Å²) in [5.41, 5.74) is 5.04. The minimum atomic E-state index is -0.872. The highest BCUT2D eigenvalue weighted by Crippen LogP contribution is 2.17. The minimum absolute atomic E-state index is 0.326. The van der Waals surface area contributed by atoms with Crippen LogP contribution >= 0.6 is 11.3 Å². The van der Waals surface area contributed by atoms with Gasteiger partial charge >= 0.3 is 5.97 Å². The van der Waals surface area contributed by atoms with Crippen molar-refractivity contribution in [1.29, 1.82) is 0 Å². The summed E-state index contributed by atoms with van der Waals surface area (Å²) >= 11 is 1.56. The summed E-state index contributed by atoms with van der Waals surface area (Å²) in [5, 5.41) is 9.31. The fraction of sp³-hybridized carbons (Fsp3) is 0.292. The minimum Gasteiger partial charge on any atom is -0.449 e. The Morgan fingerprint density at radius 3 is 2.61 bits per heavy atom. The number of nitrogens with zero attached hydrogens (tertiary/aromatic N) is 2. The second kappa shape index (κ2) is 10.2. The third-order valence-electron chi connectivity index (χ3n) is 4.96. The van der Waals surface area contributed by atoms with Crippen molar-refractivity contribution < 1.29 is 14.3 Å². The molecule has 0 saturated carbocycles. The molecule has 0 radical (unpaired) electrons. The predicted molar refractivity (Wildman–Crippen MR) is 123 cm³/mol. The molecule has 1 amide bonds. The van der Waals surface area contributed by atoms with Gasteiger partial charge < -0.3 is 10.1 Å².